The van der Waals surface area contributed by atoms with Crippen LogP contribution in [0.3, 0.4) is 0 Å². The summed E-state index contributed by atoms with van der Waals surface area (Å²) in [6.07, 6.45) is 1.34. The monoisotopic (exact) mass is 171 g/mol. The number of thiophene rings is 1. The molecule has 0 amide bonds. The highest BCUT2D eigenvalue weighted by molar-refractivity contribution is 7.10. The van der Waals surface area contributed by atoms with Crippen molar-refractivity contribution in [2.24, 2.45) is 0 Å². The number of aryl methyl sites for hydroxylation is 1. The zero-order valence-corrected chi connectivity index (χ0v) is 6.87. The fraction of sp³-hybridized carbons (Fsp3) is 0.286. The summed E-state index contributed by atoms with van der Waals surface area (Å²) in [7, 11) is 0. The first kappa shape index (κ1) is 7.59. The number of rotatable bonds is 2. The number of hydrogen-bond donors (Lipinski definition) is 0. The molecular formula is C7H6ClNS. The number of hydrogen-bond acceptors (Lipinski definition) is 2. The van der Waals surface area contributed by atoms with E-state index in [9.17, 15) is 0 Å². The molecule has 0 aliphatic carbocycles. The number of nitrogens with zero attached hydrogens (tertiary/aromatic N) is 1. The van der Waals surface area contributed by atoms with Crippen LogP contribution in [-0.2, 0) is 6.42 Å². The van der Waals surface area contributed by atoms with Crippen LogP contribution >= 0.6 is 22.9 Å². The van der Waals surface area contributed by atoms with Crippen LogP contribution in [0.15, 0.2) is 11.4 Å². The van der Waals surface area contributed by atoms with Gasteiger partial charge in [-0.05, 0) is 17.9 Å². The van der Waals surface area contributed by atoms with E-state index < -0.39 is 0 Å². The summed E-state index contributed by atoms with van der Waals surface area (Å²) >= 11 is 7.38. The summed E-state index contributed by atoms with van der Waals surface area (Å²) in [6, 6.07) is 3.94. The maximum atomic E-state index is 8.27. The van der Waals surface area contributed by atoms with E-state index in [-0.39, 0.29) is 0 Å². The zero-order chi connectivity index (χ0) is 7.40. The minimum Gasteiger partial charge on any atom is -0.198 e. The second-order valence-corrected chi connectivity index (χ2v) is 3.26. The molecule has 0 saturated heterocycles. The molecule has 3 heteroatoms. The lowest BCUT2D eigenvalue weighted by Gasteiger charge is -1.89. The first-order chi connectivity index (χ1) is 4.84. The van der Waals surface area contributed by atoms with E-state index >= 15 is 0 Å². The van der Waals surface area contributed by atoms with E-state index in [1.54, 1.807) is 11.3 Å². The molecule has 0 atom stereocenters. The number of halogens is 1. The number of nitriles is 1. The Hall–Kier alpha value is -0.520. The molecule has 0 saturated carbocycles. The van der Waals surface area contributed by atoms with Crippen LogP contribution in [0.1, 0.15) is 11.3 Å². The van der Waals surface area contributed by atoms with E-state index in [4.69, 9.17) is 16.9 Å². The first-order valence-corrected chi connectivity index (χ1v) is 4.19. The van der Waals surface area contributed by atoms with Gasteiger partial charge in [-0.1, -0.05) is 11.6 Å². The molecule has 52 valence electrons. The van der Waals surface area contributed by atoms with Crippen molar-refractivity contribution >= 4 is 22.9 Å². The predicted molar refractivity (Wildman–Crippen MR) is 43.3 cm³/mol. The van der Waals surface area contributed by atoms with Gasteiger partial charge in [0.15, 0.2) is 0 Å². The Morgan fingerprint density at radius 3 is 3.00 bits per heavy atom. The molecule has 1 aromatic heterocycles. The predicted octanol–water partition coefficient (Wildman–Crippen LogP) is 2.86. The van der Waals surface area contributed by atoms with Gasteiger partial charge in [0.25, 0.3) is 0 Å². The summed E-state index contributed by atoms with van der Waals surface area (Å²) in [6.45, 7) is 0. The smallest absolute Gasteiger partial charge is 0.0625 e. The van der Waals surface area contributed by atoms with E-state index in [1.165, 1.54) is 0 Å². The second kappa shape index (κ2) is 3.60. The van der Waals surface area contributed by atoms with Crippen LogP contribution in [0.4, 0.5) is 0 Å². The van der Waals surface area contributed by atoms with Crippen molar-refractivity contribution in [1.29, 1.82) is 5.26 Å². The van der Waals surface area contributed by atoms with Crippen molar-refractivity contribution in [3.05, 3.63) is 21.3 Å². The fourth-order valence-corrected chi connectivity index (χ4v) is 1.81. The summed E-state index contributed by atoms with van der Waals surface area (Å²) in [4.78, 5) is 1.11. The Morgan fingerprint density at radius 1 is 1.70 bits per heavy atom. The molecule has 1 heterocycles. The van der Waals surface area contributed by atoms with Crippen molar-refractivity contribution in [3.8, 4) is 6.07 Å². The van der Waals surface area contributed by atoms with Crippen LogP contribution in [0, 0.1) is 11.3 Å². The van der Waals surface area contributed by atoms with E-state index in [2.05, 4.69) is 6.07 Å². The van der Waals surface area contributed by atoms with E-state index in [0.717, 1.165) is 16.3 Å². The molecule has 0 aromatic carbocycles. The van der Waals surface area contributed by atoms with Gasteiger partial charge in [-0.3, -0.25) is 0 Å². The van der Waals surface area contributed by atoms with Gasteiger partial charge in [0.1, 0.15) is 0 Å². The highest BCUT2D eigenvalue weighted by Gasteiger charge is 1.99. The van der Waals surface area contributed by atoms with Gasteiger partial charge in [-0.25, -0.2) is 0 Å². The molecule has 0 aliphatic rings. The largest absolute Gasteiger partial charge is 0.198 e. The molecule has 0 N–H and O–H groups in total. The molecule has 1 aromatic rings. The van der Waals surface area contributed by atoms with E-state index in [0.29, 0.717) is 6.42 Å². The third-order valence-corrected chi connectivity index (χ3v) is 2.60. The minimum atomic E-state index is 0.556. The molecule has 0 bridgehead atoms. The zero-order valence-electron chi connectivity index (χ0n) is 5.30. The summed E-state index contributed by atoms with van der Waals surface area (Å²) in [5, 5.41) is 11.0. The van der Waals surface area contributed by atoms with Gasteiger partial charge in [-0.15, -0.1) is 11.3 Å². The Morgan fingerprint density at radius 2 is 2.50 bits per heavy atom. The lowest BCUT2D eigenvalue weighted by atomic mass is 10.3. The first-order valence-electron chi connectivity index (χ1n) is 2.93. The van der Waals surface area contributed by atoms with Crippen molar-refractivity contribution in [1.82, 2.24) is 0 Å². The highest BCUT2D eigenvalue weighted by Crippen LogP contribution is 2.22. The van der Waals surface area contributed by atoms with Crippen molar-refractivity contribution < 1.29 is 0 Å². The molecule has 0 unspecified atom stereocenters. The lowest BCUT2D eigenvalue weighted by Crippen LogP contribution is -1.76. The van der Waals surface area contributed by atoms with Gasteiger partial charge in [0.2, 0.25) is 0 Å². The molecule has 0 aliphatic heterocycles. The third kappa shape index (κ3) is 1.73. The lowest BCUT2D eigenvalue weighted by molar-refractivity contribution is 1.04. The molecule has 0 fully saturated rings. The Balaban J connectivity index is 2.59. The molecule has 0 radical (unpaired) electrons. The minimum absolute atomic E-state index is 0.556. The van der Waals surface area contributed by atoms with E-state index in [1.807, 2.05) is 11.4 Å². The maximum Gasteiger partial charge on any atom is 0.0625 e. The van der Waals surface area contributed by atoms with Gasteiger partial charge in [0.05, 0.1) is 11.1 Å². The Bertz CT molecular complexity index is 248. The van der Waals surface area contributed by atoms with Gasteiger partial charge < -0.3 is 0 Å². The van der Waals surface area contributed by atoms with Gasteiger partial charge >= 0.3 is 0 Å². The topological polar surface area (TPSA) is 23.8 Å². The Labute approximate surface area is 68.9 Å². The molecular weight excluding hydrogens is 166 g/mol. The van der Waals surface area contributed by atoms with Gasteiger partial charge in [-0.2, -0.15) is 5.26 Å². The highest BCUT2D eigenvalue weighted by atomic mass is 35.5. The molecule has 1 nitrogen and oxygen atoms in total. The van der Waals surface area contributed by atoms with Gasteiger partial charge in [0, 0.05) is 11.3 Å². The summed E-state index contributed by atoms with van der Waals surface area (Å²) < 4.78 is 0. The quantitative estimate of drug-likeness (QED) is 0.672. The molecule has 10 heavy (non-hydrogen) atoms. The molecule has 1 rings (SSSR count). The van der Waals surface area contributed by atoms with Crippen LogP contribution in [0.5, 0.6) is 0 Å². The average molecular weight is 172 g/mol. The maximum absolute atomic E-state index is 8.27. The van der Waals surface area contributed by atoms with Crippen molar-refractivity contribution in [2.45, 2.75) is 12.8 Å². The van der Waals surface area contributed by atoms with Crippen molar-refractivity contribution in [3.63, 3.8) is 0 Å². The fourth-order valence-electron chi connectivity index (χ4n) is 0.673. The van der Waals surface area contributed by atoms with Crippen LogP contribution < -0.4 is 0 Å². The van der Waals surface area contributed by atoms with Crippen LogP contribution in [0.25, 0.3) is 0 Å². The summed E-state index contributed by atoms with van der Waals surface area (Å²) in [5.74, 6) is 0. The summed E-state index contributed by atoms with van der Waals surface area (Å²) in [5.41, 5.74) is 0. The standard InChI is InChI=1S/C7H6ClNS/c8-6-3-5-10-7(6)2-1-4-9/h3,5H,1-2H2. The molecule has 0 spiro atoms. The SMILES string of the molecule is N#CCCc1sccc1Cl. The van der Waals surface area contributed by atoms with Crippen molar-refractivity contribution in [2.75, 3.05) is 0 Å². The normalized spacial score (nSPS) is 9.20. The second-order valence-electron chi connectivity index (χ2n) is 1.85. The Kier molecular flexibility index (Phi) is 2.73. The third-order valence-electron chi connectivity index (χ3n) is 1.15. The van der Waals surface area contributed by atoms with Crippen LogP contribution in [-0.4, -0.2) is 0 Å². The van der Waals surface area contributed by atoms with Crippen LogP contribution in [0.2, 0.25) is 5.02 Å². The average Bonchev–Trinajstić information content (AvgIpc) is 2.31.